The lowest BCUT2D eigenvalue weighted by atomic mass is 10.0. The van der Waals surface area contributed by atoms with Gasteiger partial charge < -0.3 is 5.32 Å². The van der Waals surface area contributed by atoms with Crippen LogP contribution in [0.4, 0.5) is 4.39 Å². The monoisotopic (exact) mass is 272 g/mol. The van der Waals surface area contributed by atoms with Crippen molar-refractivity contribution in [3.8, 4) is 0 Å². The fourth-order valence-corrected chi connectivity index (χ4v) is 2.57. The number of nitrogens with one attached hydrogen (secondary N) is 1. The van der Waals surface area contributed by atoms with Crippen LogP contribution in [-0.2, 0) is 0 Å². The zero-order chi connectivity index (χ0) is 12.1. The van der Waals surface area contributed by atoms with Gasteiger partial charge in [0.2, 0.25) is 0 Å². The third kappa shape index (κ3) is 3.94. The van der Waals surface area contributed by atoms with E-state index in [1.807, 2.05) is 12.1 Å². The summed E-state index contributed by atoms with van der Waals surface area (Å²) in [5, 5.41) is 3.42. The van der Waals surface area contributed by atoms with Crippen LogP contribution in [0, 0.1) is 5.82 Å². The van der Waals surface area contributed by atoms with Gasteiger partial charge in [-0.3, -0.25) is 4.90 Å². The van der Waals surface area contributed by atoms with Crippen LogP contribution in [-0.4, -0.2) is 31.1 Å². The lowest BCUT2D eigenvalue weighted by Crippen LogP contribution is -2.32. The summed E-state index contributed by atoms with van der Waals surface area (Å²) in [6.45, 7) is 6.57. The molecule has 1 saturated heterocycles. The van der Waals surface area contributed by atoms with Crippen molar-refractivity contribution < 1.29 is 4.39 Å². The molecular formula is C14H22ClFN2. The predicted octanol–water partition coefficient (Wildman–Crippen LogP) is 2.99. The summed E-state index contributed by atoms with van der Waals surface area (Å²) in [5.41, 5.74) is 1.23. The highest BCUT2D eigenvalue weighted by Gasteiger charge is 2.19. The lowest BCUT2D eigenvalue weighted by Gasteiger charge is -2.30. The molecule has 18 heavy (non-hydrogen) atoms. The van der Waals surface area contributed by atoms with Crippen LogP contribution in [0.1, 0.15) is 31.4 Å². The highest BCUT2D eigenvalue weighted by molar-refractivity contribution is 5.85. The molecule has 1 fully saturated rings. The van der Waals surface area contributed by atoms with Crippen LogP contribution < -0.4 is 5.32 Å². The van der Waals surface area contributed by atoms with Crippen LogP contribution in [0.2, 0.25) is 0 Å². The van der Waals surface area contributed by atoms with E-state index in [1.54, 1.807) is 12.1 Å². The van der Waals surface area contributed by atoms with Gasteiger partial charge in [-0.25, -0.2) is 4.39 Å². The Morgan fingerprint density at radius 2 is 1.94 bits per heavy atom. The Labute approximate surface area is 115 Å². The van der Waals surface area contributed by atoms with Crippen molar-refractivity contribution in [1.82, 2.24) is 10.2 Å². The van der Waals surface area contributed by atoms with Crippen molar-refractivity contribution in [3.63, 3.8) is 0 Å². The fraction of sp³-hybridized carbons (Fsp3) is 0.571. The molecule has 1 unspecified atom stereocenters. The van der Waals surface area contributed by atoms with E-state index in [0.29, 0.717) is 6.04 Å². The van der Waals surface area contributed by atoms with Crippen molar-refractivity contribution >= 4 is 12.4 Å². The molecule has 0 amide bonds. The quantitative estimate of drug-likeness (QED) is 0.910. The van der Waals surface area contributed by atoms with Crippen LogP contribution in [0.15, 0.2) is 24.3 Å². The van der Waals surface area contributed by atoms with Crippen molar-refractivity contribution in [3.05, 3.63) is 35.6 Å². The molecular weight excluding hydrogens is 251 g/mol. The average Bonchev–Trinajstić information content (AvgIpc) is 2.62. The van der Waals surface area contributed by atoms with Crippen LogP contribution >= 0.6 is 12.4 Å². The van der Waals surface area contributed by atoms with E-state index in [4.69, 9.17) is 0 Å². The number of nitrogens with zero attached hydrogens (tertiary/aromatic N) is 1. The molecule has 1 aliphatic heterocycles. The van der Waals surface area contributed by atoms with Gasteiger partial charge in [-0.2, -0.15) is 0 Å². The second-order valence-electron chi connectivity index (χ2n) is 4.62. The van der Waals surface area contributed by atoms with Gasteiger partial charge in [-0.1, -0.05) is 19.1 Å². The fourth-order valence-electron chi connectivity index (χ4n) is 2.57. The summed E-state index contributed by atoms with van der Waals surface area (Å²) < 4.78 is 12.9. The normalized spacial score (nSPS) is 18.8. The standard InChI is InChI=1S/C14H21FN2.ClH/c1-2-14(12-4-6-13(15)7-5-12)17-10-3-8-16-9-11-17;/h4-7,14,16H,2-3,8-11H2,1H3;1H. The molecule has 1 atom stereocenters. The Bertz CT molecular complexity index is 334. The molecule has 1 N–H and O–H groups in total. The van der Waals surface area contributed by atoms with Crippen molar-refractivity contribution in [2.75, 3.05) is 26.2 Å². The number of hydrogen-bond acceptors (Lipinski definition) is 2. The predicted molar refractivity (Wildman–Crippen MR) is 75.7 cm³/mol. The number of hydrogen-bond donors (Lipinski definition) is 1. The van der Waals surface area contributed by atoms with Gasteiger partial charge in [-0.15, -0.1) is 12.4 Å². The maximum atomic E-state index is 12.9. The number of halogens is 2. The molecule has 0 spiro atoms. The second-order valence-corrected chi connectivity index (χ2v) is 4.62. The molecule has 0 aliphatic carbocycles. The zero-order valence-corrected chi connectivity index (χ0v) is 11.7. The van der Waals surface area contributed by atoms with E-state index >= 15 is 0 Å². The minimum absolute atomic E-state index is 0. The summed E-state index contributed by atoms with van der Waals surface area (Å²) in [6.07, 6.45) is 2.27. The van der Waals surface area contributed by atoms with Gasteiger partial charge >= 0.3 is 0 Å². The Hall–Kier alpha value is -0.640. The number of rotatable bonds is 3. The van der Waals surface area contributed by atoms with Crippen LogP contribution in [0.5, 0.6) is 0 Å². The topological polar surface area (TPSA) is 15.3 Å². The Balaban J connectivity index is 0.00000162. The molecule has 102 valence electrons. The molecule has 0 saturated carbocycles. The van der Waals surface area contributed by atoms with Crippen LogP contribution in [0.3, 0.4) is 0 Å². The van der Waals surface area contributed by atoms with E-state index in [-0.39, 0.29) is 18.2 Å². The smallest absolute Gasteiger partial charge is 0.123 e. The number of benzene rings is 1. The zero-order valence-electron chi connectivity index (χ0n) is 10.9. The van der Waals surface area contributed by atoms with Gasteiger partial charge in [0, 0.05) is 25.7 Å². The Kier molecular flexibility index (Phi) is 6.61. The van der Waals surface area contributed by atoms with Crippen molar-refractivity contribution in [2.45, 2.75) is 25.8 Å². The Morgan fingerprint density at radius 1 is 1.22 bits per heavy atom. The largest absolute Gasteiger partial charge is 0.315 e. The van der Waals surface area contributed by atoms with E-state index in [2.05, 4.69) is 17.1 Å². The molecule has 1 aromatic carbocycles. The highest BCUT2D eigenvalue weighted by atomic mass is 35.5. The molecule has 2 rings (SSSR count). The SMILES string of the molecule is CCC(c1ccc(F)cc1)N1CCCNCC1.Cl. The van der Waals surface area contributed by atoms with Gasteiger partial charge in [0.1, 0.15) is 5.82 Å². The molecule has 1 aromatic rings. The van der Waals surface area contributed by atoms with Gasteiger partial charge in [0.05, 0.1) is 0 Å². The molecule has 0 bridgehead atoms. The van der Waals surface area contributed by atoms with E-state index in [9.17, 15) is 4.39 Å². The van der Waals surface area contributed by atoms with E-state index < -0.39 is 0 Å². The first-order valence-electron chi connectivity index (χ1n) is 6.51. The highest BCUT2D eigenvalue weighted by Crippen LogP contribution is 2.24. The first-order chi connectivity index (χ1) is 8.31. The molecule has 4 heteroatoms. The van der Waals surface area contributed by atoms with E-state index in [0.717, 1.165) is 32.6 Å². The molecule has 0 aromatic heterocycles. The summed E-state index contributed by atoms with van der Waals surface area (Å²) in [5.74, 6) is -0.152. The van der Waals surface area contributed by atoms with E-state index in [1.165, 1.54) is 12.0 Å². The Morgan fingerprint density at radius 3 is 2.61 bits per heavy atom. The molecule has 0 radical (unpaired) electrons. The van der Waals surface area contributed by atoms with Crippen molar-refractivity contribution in [1.29, 1.82) is 0 Å². The van der Waals surface area contributed by atoms with Crippen molar-refractivity contribution in [2.24, 2.45) is 0 Å². The summed E-state index contributed by atoms with van der Waals surface area (Å²) in [4.78, 5) is 2.51. The third-order valence-electron chi connectivity index (χ3n) is 3.46. The summed E-state index contributed by atoms with van der Waals surface area (Å²) >= 11 is 0. The van der Waals surface area contributed by atoms with Gasteiger partial charge in [0.25, 0.3) is 0 Å². The third-order valence-corrected chi connectivity index (χ3v) is 3.46. The summed E-state index contributed by atoms with van der Waals surface area (Å²) in [7, 11) is 0. The van der Waals surface area contributed by atoms with Crippen LogP contribution in [0.25, 0.3) is 0 Å². The molecule has 1 aliphatic rings. The lowest BCUT2D eigenvalue weighted by molar-refractivity contribution is 0.205. The summed E-state index contributed by atoms with van der Waals surface area (Å²) in [6, 6.07) is 7.39. The maximum Gasteiger partial charge on any atom is 0.123 e. The molecule has 2 nitrogen and oxygen atoms in total. The first-order valence-corrected chi connectivity index (χ1v) is 6.51. The minimum Gasteiger partial charge on any atom is -0.315 e. The van der Waals surface area contributed by atoms with Gasteiger partial charge in [0.15, 0.2) is 0 Å². The second kappa shape index (κ2) is 7.72. The molecule has 1 heterocycles. The first kappa shape index (κ1) is 15.4. The minimum atomic E-state index is -0.152. The van der Waals surface area contributed by atoms with Gasteiger partial charge in [-0.05, 0) is 37.1 Å². The average molecular weight is 273 g/mol. The maximum absolute atomic E-state index is 12.9.